The first kappa shape index (κ1) is 26.5. The Hall–Kier alpha value is -4.55. The summed E-state index contributed by atoms with van der Waals surface area (Å²) in [5, 5.41) is 6.18. The van der Waals surface area contributed by atoms with Gasteiger partial charge in [-0.05, 0) is 23.3 Å². The molecule has 0 aromatic heterocycles. The maximum atomic E-state index is 12.7. The van der Waals surface area contributed by atoms with Crippen LogP contribution in [0.2, 0.25) is 0 Å². The Bertz CT molecular complexity index is 1340. The van der Waals surface area contributed by atoms with E-state index in [-0.39, 0.29) is 18.3 Å². The predicted octanol–water partition coefficient (Wildman–Crippen LogP) is 4.83. The van der Waals surface area contributed by atoms with Crippen LogP contribution in [0.25, 0.3) is 0 Å². The highest BCUT2D eigenvalue weighted by Gasteiger charge is 2.15. The number of carbonyl (C=O) groups excluding carboxylic acids is 3. The van der Waals surface area contributed by atoms with E-state index in [1.54, 1.807) is 36.4 Å². The van der Waals surface area contributed by atoms with E-state index < -0.39 is 5.92 Å². The number of nitrogens with one attached hydrogen (secondary N) is 2. The number of aldehydes is 1. The molecule has 4 rings (SSSR count). The highest BCUT2D eigenvalue weighted by Crippen LogP contribution is 2.19. The Morgan fingerprint density at radius 3 is 2.03 bits per heavy atom. The zero-order valence-corrected chi connectivity index (χ0v) is 21.0. The lowest BCUT2D eigenvalue weighted by atomic mass is 10.0. The third-order valence-electron chi connectivity index (χ3n) is 6.06. The molecule has 0 fully saturated rings. The van der Waals surface area contributed by atoms with Crippen molar-refractivity contribution in [3.8, 4) is 5.75 Å². The first-order valence-electron chi connectivity index (χ1n) is 12.5. The lowest BCUT2D eigenvalue weighted by Crippen LogP contribution is -2.28. The van der Waals surface area contributed by atoms with Gasteiger partial charge in [-0.3, -0.25) is 9.59 Å². The highest BCUT2D eigenvalue weighted by atomic mass is 16.5. The highest BCUT2D eigenvalue weighted by molar-refractivity contribution is 6.08. The van der Waals surface area contributed by atoms with Crippen LogP contribution in [0.4, 0.5) is 0 Å². The van der Waals surface area contributed by atoms with Crippen molar-refractivity contribution in [2.24, 2.45) is 5.92 Å². The molecule has 0 radical (unpaired) electrons. The molecule has 4 aromatic carbocycles. The quantitative estimate of drug-likeness (QED) is 0.200. The molecule has 1 atom stereocenters. The molecule has 0 bridgehead atoms. The molecule has 0 aliphatic heterocycles. The largest absolute Gasteiger partial charge is 0.492 e. The van der Waals surface area contributed by atoms with Crippen LogP contribution >= 0.6 is 0 Å². The normalized spacial score (nSPS) is 11.4. The summed E-state index contributed by atoms with van der Waals surface area (Å²) in [7, 11) is 0. The molecule has 1 amide bonds. The molecule has 0 saturated heterocycles. The number of ketones is 1. The van der Waals surface area contributed by atoms with E-state index in [0.717, 1.165) is 17.4 Å². The van der Waals surface area contributed by atoms with Crippen molar-refractivity contribution in [1.29, 1.82) is 0 Å². The van der Waals surface area contributed by atoms with E-state index in [1.807, 2.05) is 72.8 Å². The Morgan fingerprint density at radius 1 is 0.711 bits per heavy atom. The maximum absolute atomic E-state index is 12.7. The minimum Gasteiger partial charge on any atom is -0.492 e. The number of ether oxygens (including phenoxy) is 1. The number of hydrogen-bond donors (Lipinski definition) is 2. The molecular formula is C32H30N2O4. The van der Waals surface area contributed by atoms with Crippen molar-refractivity contribution in [3.63, 3.8) is 0 Å². The predicted molar refractivity (Wildman–Crippen MR) is 147 cm³/mol. The molecule has 1 unspecified atom stereocenters. The number of carbonyl (C=O) groups is 3. The molecule has 0 heterocycles. The Balaban J connectivity index is 1.25. The van der Waals surface area contributed by atoms with Gasteiger partial charge >= 0.3 is 0 Å². The number of rotatable bonds is 13. The summed E-state index contributed by atoms with van der Waals surface area (Å²) in [6.45, 7) is 1.51. The summed E-state index contributed by atoms with van der Waals surface area (Å²) in [6.07, 6.45) is 0.854. The van der Waals surface area contributed by atoms with E-state index in [9.17, 15) is 14.4 Å². The summed E-state index contributed by atoms with van der Waals surface area (Å²) in [5.41, 5.74) is 3.71. The van der Waals surface area contributed by atoms with Gasteiger partial charge in [-0.1, -0.05) is 97.1 Å². The van der Waals surface area contributed by atoms with Crippen LogP contribution in [0, 0.1) is 5.92 Å². The molecule has 0 aliphatic rings. The van der Waals surface area contributed by atoms with Gasteiger partial charge in [0.1, 0.15) is 12.0 Å². The summed E-state index contributed by atoms with van der Waals surface area (Å²) < 4.78 is 5.88. The molecule has 0 aliphatic carbocycles. The number of para-hydroxylation sites is 1. The van der Waals surface area contributed by atoms with Gasteiger partial charge in [0.25, 0.3) is 5.91 Å². The fourth-order valence-corrected chi connectivity index (χ4v) is 3.93. The van der Waals surface area contributed by atoms with Gasteiger partial charge in [-0.2, -0.15) is 0 Å². The van der Waals surface area contributed by atoms with Crippen LogP contribution in [-0.2, 0) is 17.9 Å². The van der Waals surface area contributed by atoms with E-state index in [2.05, 4.69) is 10.6 Å². The van der Waals surface area contributed by atoms with Gasteiger partial charge in [-0.15, -0.1) is 0 Å². The first-order chi connectivity index (χ1) is 18.6. The fraction of sp³-hybridized carbons (Fsp3) is 0.156. The SMILES string of the molecule is O=CC(CNCc1ccc(C(=O)c2ccccc2)cc1)COc1ccccc1C(=O)NCc1ccccc1. The Kier molecular flexibility index (Phi) is 9.54. The van der Waals surface area contributed by atoms with E-state index in [1.165, 1.54) is 0 Å². The zero-order valence-electron chi connectivity index (χ0n) is 21.0. The smallest absolute Gasteiger partial charge is 0.255 e. The molecular weight excluding hydrogens is 476 g/mol. The fourth-order valence-electron chi connectivity index (χ4n) is 3.93. The topological polar surface area (TPSA) is 84.5 Å². The van der Waals surface area contributed by atoms with Gasteiger partial charge in [0.15, 0.2) is 5.78 Å². The van der Waals surface area contributed by atoms with Crippen molar-refractivity contribution in [2.75, 3.05) is 13.2 Å². The molecule has 4 aromatic rings. The summed E-state index contributed by atoms with van der Waals surface area (Å²) in [4.78, 5) is 37.0. The Morgan fingerprint density at radius 2 is 1.32 bits per heavy atom. The van der Waals surface area contributed by atoms with Crippen LogP contribution in [-0.4, -0.2) is 31.1 Å². The van der Waals surface area contributed by atoms with E-state index >= 15 is 0 Å². The van der Waals surface area contributed by atoms with Crippen molar-refractivity contribution in [3.05, 3.63) is 137 Å². The summed E-state index contributed by atoms with van der Waals surface area (Å²) >= 11 is 0. The number of hydrogen-bond acceptors (Lipinski definition) is 5. The minimum absolute atomic E-state index is 0.0164. The van der Waals surface area contributed by atoms with E-state index in [4.69, 9.17) is 4.74 Å². The second-order valence-corrected chi connectivity index (χ2v) is 8.89. The third kappa shape index (κ3) is 7.48. The molecule has 2 N–H and O–H groups in total. The Labute approximate surface area is 222 Å². The third-order valence-corrected chi connectivity index (χ3v) is 6.06. The van der Waals surface area contributed by atoms with Gasteiger partial charge in [-0.25, -0.2) is 0 Å². The summed E-state index contributed by atoms with van der Waals surface area (Å²) in [6, 6.07) is 33.3. The molecule has 6 heteroatoms. The zero-order chi connectivity index (χ0) is 26.6. The molecule has 0 saturated carbocycles. The van der Waals surface area contributed by atoms with Gasteiger partial charge in [0.05, 0.1) is 18.1 Å². The van der Waals surface area contributed by atoms with Crippen molar-refractivity contribution >= 4 is 18.0 Å². The maximum Gasteiger partial charge on any atom is 0.255 e. The van der Waals surface area contributed by atoms with Crippen molar-refractivity contribution < 1.29 is 19.1 Å². The molecule has 38 heavy (non-hydrogen) atoms. The average Bonchev–Trinajstić information content (AvgIpc) is 2.98. The van der Waals surface area contributed by atoms with E-state index in [0.29, 0.717) is 42.1 Å². The second kappa shape index (κ2) is 13.7. The molecule has 0 spiro atoms. The van der Waals surface area contributed by atoms with Crippen LogP contribution in [0.3, 0.4) is 0 Å². The standard InChI is InChI=1S/C32H30N2O4/c35-22-26(20-33-19-25-15-17-28(18-16-25)31(36)27-11-5-2-6-12-27)23-38-30-14-8-7-13-29(30)32(37)34-21-24-9-3-1-4-10-24/h1-18,22,26,33H,19-21,23H2,(H,34,37). The second-order valence-electron chi connectivity index (χ2n) is 8.89. The van der Waals surface area contributed by atoms with Crippen LogP contribution in [0.1, 0.15) is 37.4 Å². The number of amides is 1. The van der Waals surface area contributed by atoms with Crippen LogP contribution < -0.4 is 15.4 Å². The van der Waals surface area contributed by atoms with Crippen LogP contribution in [0.15, 0.2) is 109 Å². The van der Waals surface area contributed by atoms with Crippen molar-refractivity contribution in [2.45, 2.75) is 13.1 Å². The molecule has 6 nitrogen and oxygen atoms in total. The lowest BCUT2D eigenvalue weighted by molar-refractivity contribution is -0.111. The van der Waals surface area contributed by atoms with Crippen molar-refractivity contribution in [1.82, 2.24) is 10.6 Å². The number of benzene rings is 4. The monoisotopic (exact) mass is 506 g/mol. The molecule has 192 valence electrons. The summed E-state index contributed by atoms with van der Waals surface area (Å²) in [5.74, 6) is -0.213. The lowest BCUT2D eigenvalue weighted by Gasteiger charge is -2.15. The van der Waals surface area contributed by atoms with Crippen LogP contribution in [0.5, 0.6) is 5.75 Å². The average molecular weight is 507 g/mol. The first-order valence-corrected chi connectivity index (χ1v) is 12.5. The van der Waals surface area contributed by atoms with Gasteiger partial charge < -0.3 is 20.2 Å². The van der Waals surface area contributed by atoms with Gasteiger partial charge in [0.2, 0.25) is 0 Å². The van der Waals surface area contributed by atoms with Gasteiger partial charge in [0, 0.05) is 30.8 Å². The minimum atomic E-state index is -0.394.